The Bertz CT molecular complexity index is 527. The van der Waals surface area contributed by atoms with Crippen LogP contribution in [0.25, 0.3) is 0 Å². The van der Waals surface area contributed by atoms with Crippen molar-refractivity contribution in [1.29, 1.82) is 0 Å². The van der Waals surface area contributed by atoms with E-state index in [1.165, 1.54) is 24.8 Å². The second-order valence-corrected chi connectivity index (χ2v) is 5.36. The molecule has 0 aliphatic rings. The predicted octanol–water partition coefficient (Wildman–Crippen LogP) is 4.02. The zero-order chi connectivity index (χ0) is 14.9. The van der Waals surface area contributed by atoms with Crippen molar-refractivity contribution in [2.75, 3.05) is 11.9 Å². The summed E-state index contributed by atoms with van der Waals surface area (Å²) in [5.41, 5.74) is 2.37. The quantitative estimate of drug-likeness (QED) is 0.744. The van der Waals surface area contributed by atoms with Gasteiger partial charge in [0, 0.05) is 18.0 Å². The van der Waals surface area contributed by atoms with Crippen LogP contribution in [0.15, 0.2) is 36.5 Å². The lowest BCUT2D eigenvalue weighted by atomic mass is 9.94. The van der Waals surface area contributed by atoms with Gasteiger partial charge in [-0.25, -0.2) is 0 Å². The maximum Gasteiger partial charge on any atom is 0.155 e. The van der Waals surface area contributed by atoms with E-state index in [2.05, 4.69) is 58.8 Å². The smallest absolute Gasteiger partial charge is 0.155 e. The predicted molar refractivity (Wildman–Crippen MR) is 86.4 cm³/mol. The highest BCUT2D eigenvalue weighted by Crippen LogP contribution is 2.27. The van der Waals surface area contributed by atoms with E-state index >= 15 is 0 Å². The van der Waals surface area contributed by atoms with Crippen LogP contribution in [0.2, 0.25) is 0 Å². The Balaban J connectivity index is 2.03. The second-order valence-electron chi connectivity index (χ2n) is 5.36. The van der Waals surface area contributed by atoms with E-state index in [0.717, 1.165) is 24.3 Å². The molecule has 1 aromatic heterocycles. The third-order valence-corrected chi connectivity index (χ3v) is 3.76. The molecule has 0 amide bonds. The summed E-state index contributed by atoms with van der Waals surface area (Å²) in [7, 11) is 0. The standard InChI is InChI=1S/C17H24N4/c1-3-4-5-9-12-18-17-16(13-19-21-20-17)14(2)15-10-7-6-8-11-15/h6-8,10-11,13-14H,3-5,9,12H2,1-2H3,(H,18,19,20). The van der Waals surface area contributed by atoms with Gasteiger partial charge in [-0.1, -0.05) is 63.4 Å². The van der Waals surface area contributed by atoms with E-state index in [4.69, 9.17) is 0 Å². The molecule has 0 fully saturated rings. The summed E-state index contributed by atoms with van der Waals surface area (Å²) < 4.78 is 0. The largest absolute Gasteiger partial charge is 0.368 e. The molecule has 21 heavy (non-hydrogen) atoms. The number of rotatable bonds is 8. The Morgan fingerprint density at radius 1 is 1.10 bits per heavy atom. The lowest BCUT2D eigenvalue weighted by molar-refractivity contribution is 0.681. The zero-order valence-corrected chi connectivity index (χ0v) is 12.9. The second kappa shape index (κ2) is 8.35. The summed E-state index contributed by atoms with van der Waals surface area (Å²) in [5, 5.41) is 15.3. The highest BCUT2D eigenvalue weighted by Gasteiger charge is 2.14. The van der Waals surface area contributed by atoms with Gasteiger partial charge in [-0.3, -0.25) is 0 Å². The molecule has 1 atom stereocenters. The maximum absolute atomic E-state index is 4.17. The first-order chi connectivity index (χ1) is 10.3. The molecule has 0 aliphatic carbocycles. The molecule has 0 radical (unpaired) electrons. The van der Waals surface area contributed by atoms with Crippen LogP contribution in [0.3, 0.4) is 0 Å². The lowest BCUT2D eigenvalue weighted by Gasteiger charge is -2.15. The van der Waals surface area contributed by atoms with E-state index in [1.54, 1.807) is 0 Å². The Morgan fingerprint density at radius 3 is 2.67 bits per heavy atom. The molecule has 1 N–H and O–H groups in total. The van der Waals surface area contributed by atoms with Crippen molar-refractivity contribution < 1.29 is 0 Å². The number of nitrogens with one attached hydrogen (secondary N) is 1. The summed E-state index contributed by atoms with van der Waals surface area (Å²) in [6.07, 6.45) is 6.78. The van der Waals surface area contributed by atoms with Crippen molar-refractivity contribution >= 4 is 5.82 Å². The third-order valence-electron chi connectivity index (χ3n) is 3.76. The van der Waals surface area contributed by atoms with E-state index in [-0.39, 0.29) is 5.92 Å². The molecule has 2 aromatic rings. The first-order valence-corrected chi connectivity index (χ1v) is 7.80. The normalized spacial score (nSPS) is 12.1. The first kappa shape index (κ1) is 15.4. The number of anilines is 1. The monoisotopic (exact) mass is 284 g/mol. The van der Waals surface area contributed by atoms with E-state index in [0.29, 0.717) is 0 Å². The third kappa shape index (κ3) is 4.52. The summed E-state index contributed by atoms with van der Waals surface area (Å²) in [5.74, 6) is 1.12. The van der Waals surface area contributed by atoms with Gasteiger partial charge >= 0.3 is 0 Å². The van der Waals surface area contributed by atoms with Gasteiger partial charge in [0.1, 0.15) is 0 Å². The van der Waals surface area contributed by atoms with Crippen molar-refractivity contribution in [3.63, 3.8) is 0 Å². The molecule has 4 nitrogen and oxygen atoms in total. The van der Waals surface area contributed by atoms with Crippen molar-refractivity contribution in [3.8, 4) is 0 Å². The average molecular weight is 284 g/mol. The fourth-order valence-corrected chi connectivity index (χ4v) is 2.41. The number of hydrogen-bond donors (Lipinski definition) is 1. The molecule has 112 valence electrons. The van der Waals surface area contributed by atoms with Crippen LogP contribution in [0, 0.1) is 0 Å². The molecule has 0 saturated carbocycles. The van der Waals surface area contributed by atoms with Crippen LogP contribution in [-0.4, -0.2) is 22.0 Å². The number of benzene rings is 1. The molecule has 2 rings (SSSR count). The van der Waals surface area contributed by atoms with Crippen molar-refractivity contribution in [1.82, 2.24) is 15.4 Å². The molecular weight excluding hydrogens is 260 g/mol. The van der Waals surface area contributed by atoms with Crippen molar-refractivity contribution in [2.24, 2.45) is 0 Å². The van der Waals surface area contributed by atoms with Crippen molar-refractivity contribution in [3.05, 3.63) is 47.7 Å². The SMILES string of the molecule is CCCCCCNc1nnncc1C(C)c1ccccc1. The Labute approximate surface area is 127 Å². The van der Waals surface area contributed by atoms with Crippen LogP contribution in [0.1, 0.15) is 56.6 Å². The van der Waals surface area contributed by atoms with Crippen LogP contribution in [0.4, 0.5) is 5.82 Å². The first-order valence-electron chi connectivity index (χ1n) is 7.80. The number of unbranched alkanes of at least 4 members (excludes halogenated alkanes) is 3. The fourth-order valence-electron chi connectivity index (χ4n) is 2.41. The topological polar surface area (TPSA) is 50.7 Å². The number of aromatic nitrogens is 3. The minimum atomic E-state index is 0.257. The molecule has 1 aromatic carbocycles. The zero-order valence-electron chi connectivity index (χ0n) is 12.9. The molecule has 0 saturated heterocycles. The van der Waals surface area contributed by atoms with Crippen LogP contribution in [-0.2, 0) is 0 Å². The van der Waals surface area contributed by atoms with Gasteiger partial charge in [-0.15, -0.1) is 10.2 Å². The minimum Gasteiger partial charge on any atom is -0.368 e. The molecule has 0 aliphatic heterocycles. The number of nitrogens with zero attached hydrogens (tertiary/aromatic N) is 3. The summed E-state index contributed by atoms with van der Waals surface area (Å²) in [6, 6.07) is 10.4. The van der Waals surface area contributed by atoms with Crippen molar-refractivity contribution in [2.45, 2.75) is 45.4 Å². The Kier molecular flexibility index (Phi) is 6.13. The van der Waals surface area contributed by atoms with Crippen LogP contribution < -0.4 is 5.32 Å². The molecule has 0 spiro atoms. The average Bonchev–Trinajstić information content (AvgIpc) is 2.55. The molecular formula is C17H24N4. The summed E-state index contributed by atoms with van der Waals surface area (Å²) >= 11 is 0. The van der Waals surface area contributed by atoms with E-state index in [1.807, 2.05) is 12.3 Å². The number of hydrogen-bond acceptors (Lipinski definition) is 4. The highest BCUT2D eigenvalue weighted by molar-refractivity contribution is 5.47. The van der Waals surface area contributed by atoms with Gasteiger partial charge in [0.2, 0.25) is 0 Å². The van der Waals surface area contributed by atoms with Crippen LogP contribution in [0.5, 0.6) is 0 Å². The highest BCUT2D eigenvalue weighted by atomic mass is 15.3. The van der Waals surface area contributed by atoms with Gasteiger partial charge < -0.3 is 5.32 Å². The van der Waals surface area contributed by atoms with E-state index in [9.17, 15) is 0 Å². The summed E-state index contributed by atoms with van der Waals surface area (Å²) in [6.45, 7) is 5.34. The lowest BCUT2D eigenvalue weighted by Crippen LogP contribution is -2.10. The molecule has 4 heteroatoms. The van der Waals surface area contributed by atoms with Gasteiger partial charge in [0.05, 0.1) is 6.20 Å². The van der Waals surface area contributed by atoms with Gasteiger partial charge in [-0.05, 0) is 17.2 Å². The fraction of sp³-hybridized carbons (Fsp3) is 0.471. The maximum atomic E-state index is 4.17. The molecule has 1 unspecified atom stereocenters. The van der Waals surface area contributed by atoms with E-state index < -0.39 is 0 Å². The van der Waals surface area contributed by atoms with Crippen LogP contribution >= 0.6 is 0 Å². The Morgan fingerprint density at radius 2 is 1.90 bits per heavy atom. The van der Waals surface area contributed by atoms with Gasteiger partial charge in [0.25, 0.3) is 0 Å². The molecule has 1 heterocycles. The molecule has 0 bridgehead atoms. The minimum absolute atomic E-state index is 0.257. The Hall–Kier alpha value is -1.97. The van der Waals surface area contributed by atoms with Gasteiger partial charge in [-0.2, -0.15) is 0 Å². The summed E-state index contributed by atoms with van der Waals surface area (Å²) in [4.78, 5) is 0. The van der Waals surface area contributed by atoms with Gasteiger partial charge in [0.15, 0.2) is 5.82 Å².